The topological polar surface area (TPSA) is 63.1 Å². The summed E-state index contributed by atoms with van der Waals surface area (Å²) in [7, 11) is 0. The second-order valence-electron chi connectivity index (χ2n) is 2.54. The summed E-state index contributed by atoms with van der Waals surface area (Å²) in [5.74, 6) is -0.983. The molecule has 0 aromatic carbocycles. The number of nitrogens with zero attached hydrogens (tertiary/aromatic N) is 2. The molecule has 1 N–H and O–H groups in total. The maximum Gasteiger partial charge on any atom is 0.338 e. The summed E-state index contributed by atoms with van der Waals surface area (Å²) in [6.45, 7) is 0. The van der Waals surface area contributed by atoms with Crippen LogP contribution in [0, 0.1) is 0 Å². The van der Waals surface area contributed by atoms with E-state index < -0.39 is 5.97 Å². The first-order valence-corrected chi connectivity index (χ1v) is 4.75. The molecule has 0 aliphatic carbocycles. The zero-order valence-corrected chi connectivity index (χ0v) is 7.86. The SMILES string of the molecule is O=C(O)c1cccnc1-c1nccs1. The molecule has 0 fully saturated rings. The molecule has 0 saturated carbocycles. The molecule has 0 radical (unpaired) electrons. The summed E-state index contributed by atoms with van der Waals surface area (Å²) >= 11 is 1.37. The molecule has 0 spiro atoms. The second kappa shape index (κ2) is 3.55. The van der Waals surface area contributed by atoms with Crippen molar-refractivity contribution in [2.75, 3.05) is 0 Å². The van der Waals surface area contributed by atoms with Crippen LogP contribution in [0.3, 0.4) is 0 Å². The van der Waals surface area contributed by atoms with Gasteiger partial charge in [-0.1, -0.05) is 0 Å². The lowest BCUT2D eigenvalue weighted by molar-refractivity contribution is 0.0697. The number of pyridine rings is 1. The van der Waals surface area contributed by atoms with Crippen molar-refractivity contribution in [2.24, 2.45) is 0 Å². The molecule has 0 aliphatic heterocycles. The Morgan fingerprint density at radius 2 is 2.21 bits per heavy atom. The molecule has 4 nitrogen and oxygen atoms in total. The maximum absolute atomic E-state index is 10.9. The van der Waals surface area contributed by atoms with Crippen LogP contribution in [0.4, 0.5) is 0 Å². The number of carbonyl (C=O) groups is 1. The van der Waals surface area contributed by atoms with Crippen LogP contribution in [0.15, 0.2) is 29.9 Å². The highest BCUT2D eigenvalue weighted by Crippen LogP contribution is 2.22. The second-order valence-corrected chi connectivity index (χ2v) is 3.44. The van der Waals surface area contributed by atoms with Crippen LogP contribution in [0.5, 0.6) is 0 Å². The van der Waals surface area contributed by atoms with E-state index in [4.69, 9.17) is 5.11 Å². The molecule has 0 amide bonds. The lowest BCUT2D eigenvalue weighted by atomic mass is 10.2. The number of hydrogen-bond acceptors (Lipinski definition) is 4. The molecule has 0 aliphatic rings. The van der Waals surface area contributed by atoms with Crippen molar-refractivity contribution in [2.45, 2.75) is 0 Å². The van der Waals surface area contributed by atoms with Gasteiger partial charge in [-0.2, -0.15) is 0 Å². The Bertz CT molecular complexity index is 454. The van der Waals surface area contributed by atoms with Gasteiger partial charge in [0.1, 0.15) is 10.7 Å². The standard InChI is InChI=1S/C9H6N2O2S/c12-9(13)6-2-1-3-10-7(6)8-11-4-5-14-8/h1-5H,(H,12,13). The fourth-order valence-electron chi connectivity index (χ4n) is 1.09. The van der Waals surface area contributed by atoms with Crippen molar-refractivity contribution in [3.8, 4) is 10.7 Å². The van der Waals surface area contributed by atoms with E-state index in [0.29, 0.717) is 10.7 Å². The molecular formula is C9H6N2O2S. The molecule has 2 aromatic heterocycles. The van der Waals surface area contributed by atoms with Gasteiger partial charge in [-0.3, -0.25) is 4.98 Å². The summed E-state index contributed by atoms with van der Waals surface area (Å²) in [6.07, 6.45) is 3.18. The number of rotatable bonds is 2. The Balaban J connectivity index is 2.58. The van der Waals surface area contributed by atoms with E-state index in [2.05, 4.69) is 9.97 Å². The Morgan fingerprint density at radius 1 is 1.36 bits per heavy atom. The van der Waals surface area contributed by atoms with E-state index >= 15 is 0 Å². The van der Waals surface area contributed by atoms with Crippen molar-refractivity contribution >= 4 is 17.3 Å². The highest BCUT2D eigenvalue weighted by atomic mass is 32.1. The third-order valence-corrected chi connectivity index (χ3v) is 2.45. The van der Waals surface area contributed by atoms with E-state index in [-0.39, 0.29) is 5.56 Å². The van der Waals surface area contributed by atoms with Crippen molar-refractivity contribution < 1.29 is 9.90 Å². The van der Waals surface area contributed by atoms with Crippen LogP contribution in [0.1, 0.15) is 10.4 Å². The van der Waals surface area contributed by atoms with Crippen LogP contribution in [-0.4, -0.2) is 21.0 Å². The van der Waals surface area contributed by atoms with Crippen LogP contribution >= 0.6 is 11.3 Å². The van der Waals surface area contributed by atoms with Gasteiger partial charge in [0.2, 0.25) is 0 Å². The van der Waals surface area contributed by atoms with Gasteiger partial charge in [0.25, 0.3) is 0 Å². The van der Waals surface area contributed by atoms with Crippen molar-refractivity contribution in [1.82, 2.24) is 9.97 Å². The summed E-state index contributed by atoms with van der Waals surface area (Å²) in [5.41, 5.74) is 0.609. The lowest BCUT2D eigenvalue weighted by Gasteiger charge is -1.99. The van der Waals surface area contributed by atoms with Gasteiger partial charge in [0.15, 0.2) is 0 Å². The molecule has 2 heterocycles. The maximum atomic E-state index is 10.9. The van der Waals surface area contributed by atoms with Crippen LogP contribution in [-0.2, 0) is 0 Å². The van der Waals surface area contributed by atoms with Crippen LogP contribution in [0.25, 0.3) is 10.7 Å². The van der Waals surface area contributed by atoms with Crippen molar-refractivity contribution in [1.29, 1.82) is 0 Å². The molecule has 14 heavy (non-hydrogen) atoms. The number of aromatic nitrogens is 2. The third-order valence-electron chi connectivity index (χ3n) is 1.67. The molecule has 0 unspecified atom stereocenters. The van der Waals surface area contributed by atoms with Crippen molar-refractivity contribution in [3.63, 3.8) is 0 Å². The number of carboxylic acids is 1. The average Bonchev–Trinajstić information content (AvgIpc) is 2.70. The molecule has 2 rings (SSSR count). The minimum atomic E-state index is -0.983. The number of aromatic carboxylic acids is 1. The number of thiazole rings is 1. The Hall–Kier alpha value is -1.75. The first-order chi connectivity index (χ1) is 6.79. The van der Waals surface area contributed by atoms with E-state index in [0.717, 1.165) is 0 Å². The van der Waals surface area contributed by atoms with Gasteiger partial charge in [0, 0.05) is 17.8 Å². The van der Waals surface area contributed by atoms with E-state index in [9.17, 15) is 4.79 Å². The Labute approximate surface area is 83.9 Å². The minimum absolute atomic E-state index is 0.183. The number of carboxylic acid groups (broad SMARTS) is 1. The molecule has 0 atom stereocenters. The first-order valence-electron chi connectivity index (χ1n) is 3.87. The van der Waals surface area contributed by atoms with Gasteiger partial charge < -0.3 is 5.11 Å². The normalized spacial score (nSPS) is 10.0. The zero-order valence-electron chi connectivity index (χ0n) is 7.04. The van der Waals surface area contributed by atoms with Gasteiger partial charge in [-0.05, 0) is 12.1 Å². The van der Waals surface area contributed by atoms with Gasteiger partial charge in [-0.25, -0.2) is 9.78 Å². The molecule has 0 bridgehead atoms. The van der Waals surface area contributed by atoms with E-state index in [1.165, 1.54) is 17.4 Å². The minimum Gasteiger partial charge on any atom is -0.478 e. The first kappa shape index (κ1) is 8.83. The fraction of sp³-hybridized carbons (Fsp3) is 0. The fourth-order valence-corrected chi connectivity index (χ4v) is 1.74. The van der Waals surface area contributed by atoms with Gasteiger partial charge in [-0.15, -0.1) is 11.3 Å². The monoisotopic (exact) mass is 206 g/mol. The van der Waals surface area contributed by atoms with Crippen LogP contribution in [0.2, 0.25) is 0 Å². The smallest absolute Gasteiger partial charge is 0.338 e. The van der Waals surface area contributed by atoms with Crippen molar-refractivity contribution in [3.05, 3.63) is 35.5 Å². The summed E-state index contributed by atoms with van der Waals surface area (Å²) in [6, 6.07) is 3.12. The summed E-state index contributed by atoms with van der Waals surface area (Å²) < 4.78 is 0. The lowest BCUT2D eigenvalue weighted by Crippen LogP contribution is -2.00. The predicted molar refractivity (Wildman–Crippen MR) is 52.3 cm³/mol. The van der Waals surface area contributed by atoms with Crippen LogP contribution < -0.4 is 0 Å². The highest BCUT2D eigenvalue weighted by molar-refractivity contribution is 7.13. The molecular weight excluding hydrogens is 200 g/mol. The Kier molecular flexibility index (Phi) is 2.24. The Morgan fingerprint density at radius 3 is 2.86 bits per heavy atom. The quantitative estimate of drug-likeness (QED) is 0.815. The van der Waals surface area contributed by atoms with E-state index in [1.54, 1.807) is 23.8 Å². The molecule has 5 heteroatoms. The zero-order chi connectivity index (χ0) is 9.97. The summed E-state index contributed by atoms with van der Waals surface area (Å²) in [5, 5.41) is 11.3. The number of hydrogen-bond donors (Lipinski definition) is 1. The largest absolute Gasteiger partial charge is 0.478 e. The van der Waals surface area contributed by atoms with E-state index in [1.807, 2.05) is 0 Å². The predicted octanol–water partition coefficient (Wildman–Crippen LogP) is 1.90. The average molecular weight is 206 g/mol. The highest BCUT2D eigenvalue weighted by Gasteiger charge is 2.13. The molecule has 0 saturated heterocycles. The van der Waals surface area contributed by atoms with Gasteiger partial charge in [0.05, 0.1) is 5.56 Å². The molecule has 2 aromatic rings. The molecule has 70 valence electrons. The summed E-state index contributed by atoms with van der Waals surface area (Å²) in [4.78, 5) is 18.9. The van der Waals surface area contributed by atoms with Gasteiger partial charge >= 0.3 is 5.97 Å². The third kappa shape index (κ3) is 1.49.